The normalized spacial score (nSPS) is 27.6. The number of aromatic nitrogens is 1. The number of ether oxygens (including phenoxy) is 1. The first-order valence-corrected chi connectivity index (χ1v) is 6.82. The number of fused-ring (bicyclic) bond motifs is 1. The minimum atomic E-state index is -0.790. The molecule has 1 N–H and O–H groups in total. The number of methoxy groups -OCH3 is 1. The fraction of sp³-hybridized carbons (Fsp3) is 0.438. The molecule has 0 spiro atoms. The fourth-order valence-corrected chi connectivity index (χ4v) is 3.16. The summed E-state index contributed by atoms with van der Waals surface area (Å²) in [4.78, 5) is 4.36. The van der Waals surface area contributed by atoms with E-state index >= 15 is 0 Å². The van der Waals surface area contributed by atoms with Gasteiger partial charge in [0, 0.05) is 25.1 Å². The lowest BCUT2D eigenvalue weighted by atomic mass is 9.77. The first-order chi connectivity index (χ1) is 9.23. The van der Waals surface area contributed by atoms with Gasteiger partial charge >= 0.3 is 0 Å². The van der Waals surface area contributed by atoms with Gasteiger partial charge < -0.3 is 9.84 Å². The van der Waals surface area contributed by atoms with E-state index in [1.165, 1.54) is 0 Å². The van der Waals surface area contributed by atoms with Crippen LogP contribution in [0.4, 0.5) is 0 Å². The third kappa shape index (κ3) is 2.24. The van der Waals surface area contributed by atoms with Crippen molar-refractivity contribution < 1.29 is 9.84 Å². The molecule has 1 aliphatic carbocycles. The summed E-state index contributed by atoms with van der Waals surface area (Å²) in [5.41, 5.74) is 1.13. The molecule has 0 radical (unpaired) electrons. The second-order valence-corrected chi connectivity index (χ2v) is 5.36. The number of nitrogens with zero attached hydrogens (tertiary/aromatic N) is 1. The van der Waals surface area contributed by atoms with E-state index in [0.717, 1.165) is 35.7 Å². The van der Waals surface area contributed by atoms with E-state index < -0.39 is 5.60 Å². The van der Waals surface area contributed by atoms with Crippen LogP contribution in [0.1, 0.15) is 31.2 Å². The predicted octanol–water partition coefficient (Wildman–Crippen LogP) is 3.01. The SMILES string of the molecule is COC1CCCC(O)(c2cccc3ncccc23)C1. The molecule has 0 saturated heterocycles. The van der Waals surface area contributed by atoms with E-state index in [9.17, 15) is 5.11 Å². The van der Waals surface area contributed by atoms with Gasteiger partial charge in [-0.1, -0.05) is 18.2 Å². The minimum absolute atomic E-state index is 0.144. The monoisotopic (exact) mass is 257 g/mol. The van der Waals surface area contributed by atoms with Crippen molar-refractivity contribution in [2.45, 2.75) is 37.4 Å². The zero-order valence-corrected chi connectivity index (χ0v) is 11.2. The summed E-state index contributed by atoms with van der Waals surface area (Å²) in [5, 5.41) is 12.1. The molecule has 2 unspecified atom stereocenters. The van der Waals surface area contributed by atoms with Crippen LogP contribution < -0.4 is 0 Å². The van der Waals surface area contributed by atoms with Crippen LogP contribution >= 0.6 is 0 Å². The molecule has 1 heterocycles. The maximum Gasteiger partial charge on any atom is 0.0927 e. The molecule has 1 aliphatic rings. The molecule has 1 fully saturated rings. The quantitative estimate of drug-likeness (QED) is 0.899. The molecule has 0 aliphatic heterocycles. The van der Waals surface area contributed by atoms with Crippen molar-refractivity contribution >= 4 is 10.9 Å². The average Bonchev–Trinajstić information content (AvgIpc) is 2.46. The van der Waals surface area contributed by atoms with Crippen LogP contribution in [0.2, 0.25) is 0 Å². The Balaban J connectivity index is 2.07. The standard InChI is InChI=1S/C16H19NO2/c1-19-12-5-3-9-16(18,11-12)14-7-2-8-15-13(14)6-4-10-17-15/h2,4,6-8,10,12,18H,3,5,9,11H2,1H3. The molecule has 3 nitrogen and oxygen atoms in total. The Labute approximate surface area is 113 Å². The van der Waals surface area contributed by atoms with Crippen LogP contribution in [0.25, 0.3) is 10.9 Å². The fourth-order valence-electron chi connectivity index (χ4n) is 3.16. The van der Waals surface area contributed by atoms with Gasteiger partial charge in [0.2, 0.25) is 0 Å². The molecule has 19 heavy (non-hydrogen) atoms. The topological polar surface area (TPSA) is 42.4 Å². The van der Waals surface area contributed by atoms with E-state index in [4.69, 9.17) is 4.74 Å². The molecule has 3 rings (SSSR count). The summed E-state index contributed by atoms with van der Waals surface area (Å²) in [6.45, 7) is 0. The molecule has 0 amide bonds. The van der Waals surface area contributed by atoms with Crippen molar-refractivity contribution in [2.24, 2.45) is 0 Å². The highest BCUT2D eigenvalue weighted by Gasteiger charge is 2.37. The molecule has 100 valence electrons. The Morgan fingerprint density at radius 3 is 3.05 bits per heavy atom. The van der Waals surface area contributed by atoms with Gasteiger partial charge in [0.15, 0.2) is 0 Å². The van der Waals surface area contributed by atoms with E-state index in [1.54, 1.807) is 13.3 Å². The van der Waals surface area contributed by atoms with Crippen molar-refractivity contribution in [2.75, 3.05) is 7.11 Å². The van der Waals surface area contributed by atoms with Gasteiger partial charge in [-0.2, -0.15) is 0 Å². The first-order valence-electron chi connectivity index (χ1n) is 6.82. The van der Waals surface area contributed by atoms with Gasteiger partial charge in [0.25, 0.3) is 0 Å². The molecular formula is C16H19NO2. The van der Waals surface area contributed by atoms with Crippen LogP contribution in [0, 0.1) is 0 Å². The Hall–Kier alpha value is -1.45. The molecule has 0 bridgehead atoms. The largest absolute Gasteiger partial charge is 0.385 e. The Morgan fingerprint density at radius 2 is 2.21 bits per heavy atom. The number of hydrogen-bond donors (Lipinski definition) is 1. The predicted molar refractivity (Wildman–Crippen MR) is 74.9 cm³/mol. The maximum atomic E-state index is 11.0. The summed E-state index contributed by atoms with van der Waals surface area (Å²) in [6.07, 6.45) is 5.41. The lowest BCUT2D eigenvalue weighted by molar-refractivity contribution is -0.0622. The number of hydrogen-bond acceptors (Lipinski definition) is 3. The van der Waals surface area contributed by atoms with Crippen molar-refractivity contribution in [3.8, 4) is 0 Å². The molecule has 2 aromatic rings. The van der Waals surface area contributed by atoms with Crippen LogP contribution in [-0.4, -0.2) is 23.3 Å². The Bertz CT molecular complexity index is 578. The lowest BCUT2D eigenvalue weighted by Crippen LogP contribution is -2.36. The van der Waals surface area contributed by atoms with Crippen molar-refractivity contribution in [3.63, 3.8) is 0 Å². The summed E-state index contributed by atoms with van der Waals surface area (Å²) in [5.74, 6) is 0. The van der Waals surface area contributed by atoms with Gasteiger partial charge in [-0.15, -0.1) is 0 Å². The maximum absolute atomic E-state index is 11.0. The second kappa shape index (κ2) is 4.91. The van der Waals surface area contributed by atoms with Gasteiger partial charge in [0.05, 0.1) is 17.2 Å². The molecular weight excluding hydrogens is 238 g/mol. The number of rotatable bonds is 2. The smallest absolute Gasteiger partial charge is 0.0927 e. The van der Waals surface area contributed by atoms with Crippen LogP contribution in [-0.2, 0) is 10.3 Å². The highest BCUT2D eigenvalue weighted by molar-refractivity contribution is 5.82. The minimum Gasteiger partial charge on any atom is -0.385 e. The highest BCUT2D eigenvalue weighted by atomic mass is 16.5. The Kier molecular flexibility index (Phi) is 3.25. The van der Waals surface area contributed by atoms with Crippen LogP contribution in [0.15, 0.2) is 36.5 Å². The molecule has 1 aromatic heterocycles. The van der Waals surface area contributed by atoms with Crippen molar-refractivity contribution in [3.05, 3.63) is 42.1 Å². The summed E-state index contributed by atoms with van der Waals surface area (Å²) < 4.78 is 5.44. The highest BCUT2D eigenvalue weighted by Crippen LogP contribution is 2.40. The second-order valence-electron chi connectivity index (χ2n) is 5.36. The number of benzene rings is 1. The molecule has 2 atom stereocenters. The number of aliphatic hydroxyl groups is 1. The van der Waals surface area contributed by atoms with E-state index in [0.29, 0.717) is 6.42 Å². The van der Waals surface area contributed by atoms with E-state index in [1.807, 2.05) is 30.3 Å². The van der Waals surface area contributed by atoms with Gasteiger partial charge in [0.1, 0.15) is 0 Å². The lowest BCUT2D eigenvalue weighted by Gasteiger charge is -2.37. The van der Waals surface area contributed by atoms with Gasteiger partial charge in [-0.05, 0) is 37.0 Å². The summed E-state index contributed by atoms with van der Waals surface area (Å²) in [6, 6.07) is 9.93. The van der Waals surface area contributed by atoms with Crippen molar-refractivity contribution in [1.29, 1.82) is 0 Å². The zero-order chi connectivity index (χ0) is 13.3. The van der Waals surface area contributed by atoms with Gasteiger partial charge in [-0.3, -0.25) is 4.98 Å². The first kappa shape index (κ1) is 12.6. The average molecular weight is 257 g/mol. The molecule has 1 saturated carbocycles. The summed E-state index contributed by atoms with van der Waals surface area (Å²) >= 11 is 0. The van der Waals surface area contributed by atoms with E-state index in [2.05, 4.69) is 4.98 Å². The Morgan fingerprint density at radius 1 is 1.32 bits per heavy atom. The zero-order valence-electron chi connectivity index (χ0n) is 11.2. The number of pyridine rings is 1. The van der Waals surface area contributed by atoms with Crippen LogP contribution in [0.3, 0.4) is 0 Å². The van der Waals surface area contributed by atoms with E-state index in [-0.39, 0.29) is 6.10 Å². The third-order valence-corrected chi connectivity index (χ3v) is 4.16. The third-order valence-electron chi connectivity index (χ3n) is 4.16. The van der Waals surface area contributed by atoms with Crippen LogP contribution in [0.5, 0.6) is 0 Å². The van der Waals surface area contributed by atoms with Crippen molar-refractivity contribution in [1.82, 2.24) is 4.98 Å². The molecule has 3 heteroatoms. The molecule has 1 aromatic carbocycles. The summed E-state index contributed by atoms with van der Waals surface area (Å²) in [7, 11) is 1.72. The van der Waals surface area contributed by atoms with Gasteiger partial charge in [-0.25, -0.2) is 0 Å².